The summed E-state index contributed by atoms with van der Waals surface area (Å²) in [6, 6.07) is 2.00. The predicted octanol–water partition coefficient (Wildman–Crippen LogP) is 2.80. The molecule has 0 aliphatic heterocycles. The fourth-order valence-corrected chi connectivity index (χ4v) is 1.13. The SMILES string of the molecule is Cc1cnccc1/C=C\I. The highest BCUT2D eigenvalue weighted by Crippen LogP contribution is 2.07. The van der Waals surface area contributed by atoms with Crippen molar-refractivity contribution in [1.82, 2.24) is 4.98 Å². The largest absolute Gasteiger partial charge is 0.264 e. The summed E-state index contributed by atoms with van der Waals surface area (Å²) < 4.78 is 2.00. The molecule has 1 nitrogen and oxygen atoms in total. The lowest BCUT2D eigenvalue weighted by atomic mass is 10.2. The second-order valence-electron chi connectivity index (χ2n) is 2.02. The van der Waals surface area contributed by atoms with Crippen LogP contribution in [-0.2, 0) is 0 Å². The molecular formula is C8H8IN. The lowest BCUT2D eigenvalue weighted by Gasteiger charge is -1.95. The number of hydrogen-bond acceptors (Lipinski definition) is 1. The van der Waals surface area contributed by atoms with Crippen molar-refractivity contribution in [3.8, 4) is 0 Å². The maximum absolute atomic E-state index is 3.99. The van der Waals surface area contributed by atoms with Gasteiger partial charge in [0, 0.05) is 12.4 Å². The highest BCUT2D eigenvalue weighted by molar-refractivity contribution is 14.1. The van der Waals surface area contributed by atoms with E-state index in [1.807, 2.05) is 16.3 Å². The maximum Gasteiger partial charge on any atom is 0.0303 e. The van der Waals surface area contributed by atoms with Crippen LogP contribution in [0.2, 0.25) is 0 Å². The van der Waals surface area contributed by atoms with Gasteiger partial charge in [-0.3, -0.25) is 4.98 Å². The minimum Gasteiger partial charge on any atom is -0.264 e. The molecule has 1 aromatic heterocycles. The highest BCUT2D eigenvalue weighted by Gasteiger charge is 1.89. The standard InChI is InChI=1S/C8H8IN/c1-7-6-10-5-3-8(7)2-4-9/h2-6H,1H3/b4-2-. The molecule has 0 radical (unpaired) electrons. The molecule has 0 bridgehead atoms. The molecule has 0 aliphatic rings. The van der Waals surface area contributed by atoms with Gasteiger partial charge in [0.15, 0.2) is 0 Å². The number of rotatable bonds is 1. The average molecular weight is 245 g/mol. The first kappa shape index (κ1) is 7.72. The zero-order chi connectivity index (χ0) is 7.40. The Morgan fingerprint density at radius 3 is 3.00 bits per heavy atom. The van der Waals surface area contributed by atoms with Crippen molar-refractivity contribution < 1.29 is 0 Å². The van der Waals surface area contributed by atoms with Gasteiger partial charge < -0.3 is 0 Å². The molecule has 1 heterocycles. The van der Waals surface area contributed by atoms with Crippen LogP contribution in [0.4, 0.5) is 0 Å². The van der Waals surface area contributed by atoms with Gasteiger partial charge in [0.2, 0.25) is 0 Å². The number of hydrogen-bond donors (Lipinski definition) is 0. The van der Waals surface area contributed by atoms with Gasteiger partial charge >= 0.3 is 0 Å². The third kappa shape index (κ3) is 1.80. The van der Waals surface area contributed by atoms with Crippen LogP contribution < -0.4 is 0 Å². The van der Waals surface area contributed by atoms with Crippen LogP contribution in [0.25, 0.3) is 6.08 Å². The van der Waals surface area contributed by atoms with E-state index in [9.17, 15) is 0 Å². The first-order valence-electron chi connectivity index (χ1n) is 3.02. The third-order valence-corrected chi connectivity index (χ3v) is 1.67. The Morgan fingerprint density at radius 2 is 2.40 bits per heavy atom. The van der Waals surface area contributed by atoms with Gasteiger partial charge in [0.05, 0.1) is 0 Å². The Bertz CT molecular complexity index is 243. The van der Waals surface area contributed by atoms with Crippen LogP contribution in [0.15, 0.2) is 22.5 Å². The summed E-state index contributed by atoms with van der Waals surface area (Å²) in [4.78, 5) is 3.99. The molecular weight excluding hydrogens is 237 g/mol. The molecule has 0 spiro atoms. The van der Waals surface area contributed by atoms with Crippen molar-refractivity contribution >= 4 is 28.7 Å². The average Bonchev–Trinajstić information content (AvgIpc) is 1.94. The van der Waals surface area contributed by atoms with E-state index in [1.54, 1.807) is 6.20 Å². The minimum absolute atomic E-state index is 1.22. The topological polar surface area (TPSA) is 12.9 Å². The molecule has 0 atom stereocenters. The summed E-state index contributed by atoms with van der Waals surface area (Å²) >= 11 is 2.21. The summed E-state index contributed by atoms with van der Waals surface area (Å²) in [6.07, 6.45) is 5.74. The van der Waals surface area contributed by atoms with Crippen molar-refractivity contribution in [2.45, 2.75) is 6.92 Å². The molecule has 52 valence electrons. The molecule has 1 rings (SSSR count). The zero-order valence-electron chi connectivity index (χ0n) is 5.71. The lowest BCUT2D eigenvalue weighted by molar-refractivity contribution is 1.26. The van der Waals surface area contributed by atoms with E-state index < -0.39 is 0 Å². The van der Waals surface area contributed by atoms with Crippen LogP contribution in [0.3, 0.4) is 0 Å². The first-order chi connectivity index (χ1) is 4.84. The number of halogens is 1. The Hall–Kier alpha value is -0.380. The van der Waals surface area contributed by atoms with E-state index >= 15 is 0 Å². The van der Waals surface area contributed by atoms with E-state index in [-0.39, 0.29) is 0 Å². The summed E-state index contributed by atoms with van der Waals surface area (Å²) in [5.74, 6) is 0. The molecule has 0 unspecified atom stereocenters. The number of nitrogens with zero attached hydrogens (tertiary/aromatic N) is 1. The van der Waals surface area contributed by atoms with E-state index in [0.29, 0.717) is 0 Å². The fraction of sp³-hybridized carbons (Fsp3) is 0.125. The third-order valence-electron chi connectivity index (χ3n) is 1.31. The van der Waals surface area contributed by atoms with Gasteiger partial charge in [0.1, 0.15) is 0 Å². The Labute approximate surface area is 74.3 Å². The number of aromatic nitrogens is 1. The molecule has 0 aliphatic carbocycles. The van der Waals surface area contributed by atoms with Crippen molar-refractivity contribution in [2.24, 2.45) is 0 Å². The maximum atomic E-state index is 3.99. The van der Waals surface area contributed by atoms with Crippen molar-refractivity contribution in [3.63, 3.8) is 0 Å². The van der Waals surface area contributed by atoms with Gasteiger partial charge in [-0.25, -0.2) is 0 Å². The zero-order valence-corrected chi connectivity index (χ0v) is 7.87. The fourth-order valence-electron chi connectivity index (χ4n) is 0.739. The molecule has 0 saturated carbocycles. The molecule has 1 aromatic rings. The summed E-state index contributed by atoms with van der Waals surface area (Å²) in [5.41, 5.74) is 2.46. The van der Waals surface area contributed by atoms with Crippen LogP contribution in [-0.4, -0.2) is 4.98 Å². The Morgan fingerprint density at radius 1 is 1.60 bits per heavy atom. The number of pyridine rings is 1. The van der Waals surface area contributed by atoms with E-state index in [2.05, 4.69) is 40.6 Å². The smallest absolute Gasteiger partial charge is 0.0303 e. The summed E-state index contributed by atoms with van der Waals surface area (Å²) in [7, 11) is 0. The molecule has 0 aromatic carbocycles. The van der Waals surface area contributed by atoms with Crippen molar-refractivity contribution in [2.75, 3.05) is 0 Å². The van der Waals surface area contributed by atoms with Crippen LogP contribution in [0.5, 0.6) is 0 Å². The van der Waals surface area contributed by atoms with Gasteiger partial charge in [-0.15, -0.1) is 0 Å². The second kappa shape index (κ2) is 3.71. The van der Waals surface area contributed by atoms with E-state index in [4.69, 9.17) is 0 Å². The summed E-state index contributed by atoms with van der Waals surface area (Å²) in [5, 5.41) is 0. The Balaban J connectivity index is 3.03. The van der Waals surface area contributed by atoms with Gasteiger partial charge in [-0.1, -0.05) is 22.6 Å². The van der Waals surface area contributed by atoms with Gasteiger partial charge in [-0.2, -0.15) is 0 Å². The molecule has 0 N–H and O–H groups in total. The van der Waals surface area contributed by atoms with Crippen molar-refractivity contribution in [1.29, 1.82) is 0 Å². The Kier molecular flexibility index (Phi) is 2.86. The molecule has 0 amide bonds. The van der Waals surface area contributed by atoms with Gasteiger partial charge in [0.25, 0.3) is 0 Å². The van der Waals surface area contributed by atoms with Crippen LogP contribution in [0, 0.1) is 6.92 Å². The normalized spacial score (nSPS) is 10.6. The van der Waals surface area contributed by atoms with E-state index in [0.717, 1.165) is 0 Å². The van der Waals surface area contributed by atoms with Gasteiger partial charge in [-0.05, 0) is 34.3 Å². The number of aryl methyl sites for hydroxylation is 1. The highest BCUT2D eigenvalue weighted by atomic mass is 127. The predicted molar refractivity (Wildman–Crippen MR) is 52.0 cm³/mol. The van der Waals surface area contributed by atoms with Crippen molar-refractivity contribution in [3.05, 3.63) is 33.7 Å². The summed E-state index contributed by atoms with van der Waals surface area (Å²) in [6.45, 7) is 2.05. The minimum atomic E-state index is 1.22. The first-order valence-corrected chi connectivity index (χ1v) is 4.26. The van der Waals surface area contributed by atoms with E-state index in [1.165, 1.54) is 11.1 Å². The van der Waals surface area contributed by atoms with Crippen LogP contribution in [0.1, 0.15) is 11.1 Å². The quantitative estimate of drug-likeness (QED) is 0.693. The molecule has 0 fully saturated rings. The molecule has 0 saturated heterocycles. The van der Waals surface area contributed by atoms with Crippen LogP contribution >= 0.6 is 22.6 Å². The molecule has 10 heavy (non-hydrogen) atoms. The molecule has 2 heteroatoms. The monoisotopic (exact) mass is 245 g/mol. The second-order valence-corrected chi connectivity index (χ2v) is 2.74. The lowest BCUT2D eigenvalue weighted by Crippen LogP contribution is -1.79.